The highest BCUT2D eigenvalue weighted by atomic mass is 16.4. The Hall–Kier alpha value is -3.72. The van der Waals surface area contributed by atoms with Gasteiger partial charge in [-0.25, -0.2) is 4.79 Å². The minimum absolute atomic E-state index is 0.171. The summed E-state index contributed by atoms with van der Waals surface area (Å²) in [7, 11) is 0. The Labute approximate surface area is 149 Å². The van der Waals surface area contributed by atoms with Crippen LogP contribution in [0.15, 0.2) is 59.7 Å². The Balaban J connectivity index is 1.86. The number of carbonyl (C=O) groups is 1. The SMILES string of the molecule is N#Cc1cc(Cc2cc(C(=O)O)ccn2)ccc1Cc1ccc[nH]c1=O. The van der Waals surface area contributed by atoms with Gasteiger partial charge < -0.3 is 10.1 Å². The molecule has 0 unspecified atom stereocenters. The maximum atomic E-state index is 11.8. The van der Waals surface area contributed by atoms with Crippen molar-refractivity contribution in [3.63, 3.8) is 0 Å². The summed E-state index contributed by atoms with van der Waals surface area (Å²) in [5.74, 6) is -1.00. The van der Waals surface area contributed by atoms with Crippen molar-refractivity contribution in [1.29, 1.82) is 5.26 Å². The number of aromatic amines is 1. The summed E-state index contributed by atoms with van der Waals surface area (Å²) >= 11 is 0. The van der Waals surface area contributed by atoms with Gasteiger partial charge in [0.15, 0.2) is 0 Å². The van der Waals surface area contributed by atoms with E-state index in [0.29, 0.717) is 29.7 Å². The maximum Gasteiger partial charge on any atom is 0.335 e. The van der Waals surface area contributed by atoms with E-state index in [9.17, 15) is 14.9 Å². The van der Waals surface area contributed by atoms with E-state index < -0.39 is 5.97 Å². The summed E-state index contributed by atoms with van der Waals surface area (Å²) in [6.45, 7) is 0. The smallest absolute Gasteiger partial charge is 0.335 e. The van der Waals surface area contributed by atoms with Crippen LogP contribution in [0.25, 0.3) is 0 Å². The third-order valence-electron chi connectivity index (χ3n) is 4.02. The minimum atomic E-state index is -1.00. The van der Waals surface area contributed by atoms with Gasteiger partial charge in [-0.15, -0.1) is 0 Å². The molecule has 2 N–H and O–H groups in total. The maximum absolute atomic E-state index is 11.8. The van der Waals surface area contributed by atoms with Crippen molar-refractivity contribution in [3.8, 4) is 6.07 Å². The third kappa shape index (κ3) is 3.84. The number of benzene rings is 1. The topological polar surface area (TPSA) is 107 Å². The lowest BCUT2D eigenvalue weighted by Gasteiger charge is -2.07. The van der Waals surface area contributed by atoms with E-state index in [1.165, 1.54) is 18.3 Å². The van der Waals surface area contributed by atoms with Crippen LogP contribution in [0.5, 0.6) is 0 Å². The van der Waals surface area contributed by atoms with Gasteiger partial charge in [-0.1, -0.05) is 18.2 Å². The van der Waals surface area contributed by atoms with Gasteiger partial charge in [0.25, 0.3) is 5.56 Å². The van der Waals surface area contributed by atoms with Gasteiger partial charge in [0.05, 0.1) is 17.2 Å². The van der Waals surface area contributed by atoms with Crippen LogP contribution in [0.4, 0.5) is 0 Å². The van der Waals surface area contributed by atoms with Crippen LogP contribution in [-0.4, -0.2) is 21.0 Å². The molecule has 0 saturated carbocycles. The van der Waals surface area contributed by atoms with E-state index in [1.807, 2.05) is 12.1 Å². The minimum Gasteiger partial charge on any atom is -0.478 e. The second-order valence-corrected chi connectivity index (χ2v) is 5.82. The quantitative estimate of drug-likeness (QED) is 0.739. The zero-order valence-electron chi connectivity index (χ0n) is 13.8. The molecular formula is C20H15N3O3. The molecule has 3 rings (SSSR count). The molecule has 1 aromatic carbocycles. The largest absolute Gasteiger partial charge is 0.478 e. The number of aromatic carboxylic acids is 1. The Kier molecular flexibility index (Phi) is 4.90. The number of aromatic nitrogens is 2. The van der Waals surface area contributed by atoms with Gasteiger partial charge in [0.1, 0.15) is 0 Å². The first-order chi connectivity index (χ1) is 12.6. The van der Waals surface area contributed by atoms with Crippen LogP contribution in [0.1, 0.15) is 38.3 Å². The second kappa shape index (κ2) is 7.45. The van der Waals surface area contributed by atoms with Crippen LogP contribution in [0, 0.1) is 11.3 Å². The first-order valence-electron chi connectivity index (χ1n) is 7.93. The highest BCUT2D eigenvalue weighted by molar-refractivity contribution is 5.87. The molecule has 26 heavy (non-hydrogen) atoms. The Morgan fingerprint density at radius 1 is 1.15 bits per heavy atom. The van der Waals surface area contributed by atoms with Gasteiger partial charge in [-0.05, 0) is 35.4 Å². The number of pyridine rings is 2. The second-order valence-electron chi connectivity index (χ2n) is 5.82. The van der Waals surface area contributed by atoms with Gasteiger partial charge >= 0.3 is 5.97 Å². The average molecular weight is 345 g/mol. The number of nitrogens with one attached hydrogen (secondary N) is 1. The molecule has 6 heteroatoms. The van der Waals surface area contributed by atoms with Gasteiger partial charge in [0, 0.05) is 36.5 Å². The summed E-state index contributed by atoms with van der Waals surface area (Å²) in [6, 6.07) is 14.0. The average Bonchev–Trinajstić information content (AvgIpc) is 2.65. The number of rotatable bonds is 5. The molecule has 2 heterocycles. The predicted molar refractivity (Wildman–Crippen MR) is 95.0 cm³/mol. The van der Waals surface area contributed by atoms with Crippen LogP contribution in [0.2, 0.25) is 0 Å². The van der Waals surface area contributed by atoms with Crippen LogP contribution >= 0.6 is 0 Å². The zero-order valence-corrected chi connectivity index (χ0v) is 13.8. The number of hydrogen-bond acceptors (Lipinski definition) is 4. The molecule has 0 saturated heterocycles. The lowest BCUT2D eigenvalue weighted by atomic mass is 9.97. The van der Waals surface area contributed by atoms with Crippen LogP contribution in [-0.2, 0) is 12.8 Å². The standard InChI is InChI=1S/C20H15N3O3/c21-12-17-8-13(9-18-11-16(20(25)26)5-7-22-18)3-4-14(17)10-15-2-1-6-23-19(15)24/h1-8,11H,9-10H2,(H,23,24)(H,25,26). The molecule has 6 nitrogen and oxygen atoms in total. The van der Waals surface area contributed by atoms with E-state index in [0.717, 1.165) is 11.1 Å². The van der Waals surface area contributed by atoms with Crippen molar-refractivity contribution < 1.29 is 9.90 Å². The summed E-state index contributed by atoms with van der Waals surface area (Å²) in [5.41, 5.74) is 3.31. The first-order valence-corrected chi connectivity index (χ1v) is 7.93. The van der Waals surface area contributed by atoms with Crippen LogP contribution in [0.3, 0.4) is 0 Å². The Morgan fingerprint density at radius 2 is 2.00 bits per heavy atom. The molecule has 0 fully saturated rings. The normalized spacial score (nSPS) is 10.3. The number of carboxylic acid groups (broad SMARTS) is 1. The molecule has 0 radical (unpaired) electrons. The van der Waals surface area contributed by atoms with E-state index in [-0.39, 0.29) is 11.1 Å². The van der Waals surface area contributed by atoms with Gasteiger partial charge in [0.2, 0.25) is 0 Å². The van der Waals surface area contributed by atoms with Crippen molar-refractivity contribution in [2.45, 2.75) is 12.8 Å². The lowest BCUT2D eigenvalue weighted by Crippen LogP contribution is -2.12. The molecule has 0 amide bonds. The fourth-order valence-corrected chi connectivity index (χ4v) is 2.71. The van der Waals surface area contributed by atoms with E-state index >= 15 is 0 Å². The summed E-state index contributed by atoms with van der Waals surface area (Å²) in [5, 5.41) is 18.5. The van der Waals surface area contributed by atoms with Gasteiger partial charge in [-0.3, -0.25) is 9.78 Å². The van der Waals surface area contributed by atoms with Gasteiger partial charge in [-0.2, -0.15) is 5.26 Å². The molecular weight excluding hydrogens is 330 g/mol. The van der Waals surface area contributed by atoms with E-state index in [2.05, 4.69) is 16.0 Å². The highest BCUT2D eigenvalue weighted by Gasteiger charge is 2.09. The number of H-pyrrole nitrogens is 1. The number of nitriles is 1. The lowest BCUT2D eigenvalue weighted by molar-refractivity contribution is 0.0696. The summed E-state index contributed by atoms with van der Waals surface area (Å²) in [6.07, 6.45) is 3.81. The van der Waals surface area contributed by atoms with Crippen molar-refractivity contribution in [2.75, 3.05) is 0 Å². The fourth-order valence-electron chi connectivity index (χ4n) is 2.71. The predicted octanol–water partition coefficient (Wildman–Crippen LogP) is 2.52. The number of hydrogen-bond donors (Lipinski definition) is 2. The van der Waals surface area contributed by atoms with Crippen molar-refractivity contribution in [1.82, 2.24) is 9.97 Å². The third-order valence-corrected chi connectivity index (χ3v) is 4.02. The Morgan fingerprint density at radius 3 is 2.73 bits per heavy atom. The first kappa shape index (κ1) is 17.1. The molecule has 0 aliphatic carbocycles. The molecule has 2 aromatic heterocycles. The zero-order chi connectivity index (χ0) is 18.5. The molecule has 3 aromatic rings. The van der Waals surface area contributed by atoms with Crippen molar-refractivity contribution in [3.05, 3.63) is 98.7 Å². The Bertz CT molecular complexity index is 1060. The van der Waals surface area contributed by atoms with E-state index in [1.54, 1.807) is 24.4 Å². The van der Waals surface area contributed by atoms with Crippen molar-refractivity contribution in [2.24, 2.45) is 0 Å². The monoisotopic (exact) mass is 345 g/mol. The molecule has 0 atom stereocenters. The molecule has 0 aliphatic heterocycles. The highest BCUT2D eigenvalue weighted by Crippen LogP contribution is 2.17. The van der Waals surface area contributed by atoms with Crippen molar-refractivity contribution >= 4 is 5.97 Å². The molecule has 128 valence electrons. The van der Waals surface area contributed by atoms with Crippen LogP contribution < -0.4 is 5.56 Å². The summed E-state index contributed by atoms with van der Waals surface area (Å²) < 4.78 is 0. The fraction of sp³-hybridized carbons (Fsp3) is 0.100. The molecule has 0 bridgehead atoms. The number of carboxylic acids is 1. The summed E-state index contributed by atoms with van der Waals surface area (Å²) in [4.78, 5) is 29.7. The molecule has 0 aliphatic rings. The molecule has 0 spiro atoms. The van der Waals surface area contributed by atoms with E-state index in [4.69, 9.17) is 5.11 Å². The number of nitrogens with zero attached hydrogens (tertiary/aromatic N) is 2.